The number of esters is 2. The highest BCUT2D eigenvalue weighted by Crippen LogP contribution is 2.51. The van der Waals surface area contributed by atoms with E-state index in [4.69, 9.17) is 24.9 Å². The van der Waals surface area contributed by atoms with Gasteiger partial charge in [0.1, 0.15) is 22.7 Å². The van der Waals surface area contributed by atoms with Crippen LogP contribution in [0.15, 0.2) is 132 Å². The molecule has 4 N–H and O–H groups in total. The number of thioether (sulfide) groups is 1. The normalized spacial score (nSPS) is 19.6. The molecule has 8 rings (SSSR count). The highest BCUT2D eigenvalue weighted by molar-refractivity contribution is 8.02. The molecule has 1 unspecified atom stereocenters. The van der Waals surface area contributed by atoms with Crippen molar-refractivity contribution in [2.45, 2.75) is 61.2 Å². The van der Waals surface area contributed by atoms with Gasteiger partial charge in [0, 0.05) is 11.9 Å². The molecule has 0 bridgehead atoms. The van der Waals surface area contributed by atoms with Crippen molar-refractivity contribution >= 4 is 69.8 Å². The number of anilines is 1. The van der Waals surface area contributed by atoms with Crippen molar-refractivity contribution < 1.29 is 52.2 Å². The van der Waals surface area contributed by atoms with E-state index >= 15 is 4.39 Å². The van der Waals surface area contributed by atoms with Crippen molar-refractivity contribution in [3.05, 3.63) is 155 Å². The third-order valence-electron chi connectivity index (χ3n) is 10.8. The van der Waals surface area contributed by atoms with E-state index in [2.05, 4.69) is 20.8 Å². The molecule has 0 saturated carbocycles. The number of nitrogens with one attached hydrogen (secondary N) is 2. The second-order valence-electron chi connectivity index (χ2n) is 16.6. The van der Waals surface area contributed by atoms with Crippen molar-refractivity contribution in [1.82, 2.24) is 25.1 Å². The Bertz CT molecular complexity index is 2620. The third-order valence-corrected chi connectivity index (χ3v) is 13.2. The fourth-order valence-corrected chi connectivity index (χ4v) is 9.97. The molecule has 3 fully saturated rings. The summed E-state index contributed by atoms with van der Waals surface area (Å²) in [6.45, 7) is 4.77. The van der Waals surface area contributed by atoms with Crippen LogP contribution in [0, 0.1) is 0 Å². The summed E-state index contributed by atoms with van der Waals surface area (Å²) >= 11 is 1.78. The molecule has 0 spiro atoms. The summed E-state index contributed by atoms with van der Waals surface area (Å²) in [6.07, 6.45) is -5.66. The fraction of sp³-hybridized carbons (Fsp3) is 0.277. The average molecular weight is 965 g/mol. The van der Waals surface area contributed by atoms with Crippen LogP contribution in [-0.4, -0.2) is 109 Å². The summed E-state index contributed by atoms with van der Waals surface area (Å²) < 4.78 is 32.9. The van der Waals surface area contributed by atoms with Gasteiger partial charge in [-0.15, -0.1) is 11.3 Å². The lowest BCUT2D eigenvalue weighted by Crippen LogP contribution is -2.68. The summed E-state index contributed by atoms with van der Waals surface area (Å²) in [5.74, 6) is 1.96. The predicted octanol–water partition coefficient (Wildman–Crippen LogP) is 5.88. The van der Waals surface area contributed by atoms with Gasteiger partial charge >= 0.3 is 30.4 Å². The number of alkyl halides is 1. The van der Waals surface area contributed by atoms with Gasteiger partial charge < -0.3 is 29.3 Å². The zero-order chi connectivity index (χ0) is 48.2. The maximum absolute atomic E-state index is 15.7. The van der Waals surface area contributed by atoms with Crippen LogP contribution in [0.25, 0.3) is 0 Å². The molecule has 5 amide bonds. The maximum Gasteiger partial charge on any atom is 0.413 e. The standard InChI is InChI=1S/C47H45FN8O10S2/c1-46(2,3)65-44(61)52-43-50-32(26-67-43)33(53-66-37(48)41(59)63-35(28-16-8-4-9-17-28)29-18-10-5-11-19-29)38(57)51-34-39(58)54-27-47(68-40(34)54,55-24-25-56(49)45(55)62)42(60)64-36(30-20-12-6-13-21-30)31-22-14-7-15-23-31/h4-23,26,34-37,40H,24-25,27,49H2,1-3H3,(H,51,57)(H,50,52,61)/b53-33-/t34-,37?,40-,47-/m1/s1. The van der Waals surface area contributed by atoms with Crippen molar-refractivity contribution in [2.75, 3.05) is 25.0 Å². The Morgan fingerprint density at radius 2 is 1.35 bits per heavy atom. The largest absolute Gasteiger partial charge is 0.450 e. The van der Waals surface area contributed by atoms with E-state index in [0.29, 0.717) is 22.3 Å². The zero-order valence-electron chi connectivity index (χ0n) is 36.7. The lowest BCUT2D eigenvalue weighted by Gasteiger charge is -2.41. The summed E-state index contributed by atoms with van der Waals surface area (Å²) in [7, 11) is 0. The highest BCUT2D eigenvalue weighted by Gasteiger charge is 2.67. The van der Waals surface area contributed by atoms with E-state index < -0.39 is 82.0 Å². The second-order valence-corrected chi connectivity index (χ2v) is 18.9. The number of nitrogens with zero attached hydrogens (tertiary/aromatic N) is 5. The van der Waals surface area contributed by atoms with Gasteiger partial charge in [-0.25, -0.2) is 30.0 Å². The molecule has 18 nitrogen and oxygen atoms in total. The first-order chi connectivity index (χ1) is 32.6. The SMILES string of the molecule is CC(C)(C)OC(=O)Nc1nc(/C(=N/OC(F)C(=O)OC(c2ccccc2)c2ccccc2)C(=O)N[C@@H]2C(=O)N3C[C@@](C(=O)OC(c4ccccc4)c4ccccc4)(N4CCN(N)C4=O)S[C@H]23)cs1. The molecule has 4 heterocycles. The number of hydrogen-bond acceptors (Lipinski definition) is 15. The van der Waals surface area contributed by atoms with Gasteiger partial charge in [-0.1, -0.05) is 138 Å². The zero-order valence-corrected chi connectivity index (χ0v) is 38.4. The molecule has 0 radical (unpaired) electrons. The molecule has 3 saturated heterocycles. The maximum atomic E-state index is 15.7. The first kappa shape index (κ1) is 47.1. The van der Waals surface area contributed by atoms with Crippen LogP contribution in [-0.2, 0) is 38.2 Å². The molecule has 1 aromatic heterocycles. The number of benzene rings is 4. The minimum absolute atomic E-state index is 0.0203. The lowest BCUT2D eigenvalue weighted by atomic mass is 10.0. The molecule has 3 aliphatic rings. The van der Waals surface area contributed by atoms with Gasteiger partial charge in [0.05, 0.1) is 13.1 Å². The summed E-state index contributed by atoms with van der Waals surface area (Å²) in [6, 6.07) is 33.3. The number of carbonyl (C=O) groups is 6. The van der Waals surface area contributed by atoms with Gasteiger partial charge in [-0.2, -0.15) is 4.39 Å². The smallest absolute Gasteiger partial charge is 0.413 e. The highest BCUT2D eigenvalue weighted by atomic mass is 32.2. The van der Waals surface area contributed by atoms with E-state index in [1.165, 1.54) is 15.2 Å². The number of fused-ring (bicyclic) bond motifs is 1. The molecule has 3 aliphatic heterocycles. The molecule has 21 heteroatoms. The van der Waals surface area contributed by atoms with Crippen LogP contribution >= 0.6 is 23.1 Å². The Morgan fingerprint density at radius 1 is 0.824 bits per heavy atom. The number of carbonyl (C=O) groups excluding carboxylic acids is 6. The Balaban J connectivity index is 1.05. The van der Waals surface area contributed by atoms with Crippen LogP contribution in [0.1, 0.15) is 60.9 Å². The summed E-state index contributed by atoms with van der Waals surface area (Å²) in [5.41, 5.74) is 0.584. The number of rotatable bonds is 15. The number of β-lactam (4-membered cyclic amide) rings is 1. The quantitative estimate of drug-likeness (QED) is 0.0212. The van der Waals surface area contributed by atoms with Gasteiger partial charge in [-0.05, 0) is 43.0 Å². The fourth-order valence-electron chi connectivity index (χ4n) is 7.61. The lowest BCUT2D eigenvalue weighted by molar-refractivity contribution is -0.174. The van der Waals surface area contributed by atoms with Crippen molar-refractivity contribution in [3.63, 3.8) is 0 Å². The average Bonchev–Trinajstić information content (AvgIpc) is 4.05. The second kappa shape index (κ2) is 19.9. The minimum atomic E-state index is -2.86. The van der Waals surface area contributed by atoms with Gasteiger partial charge in [0.15, 0.2) is 23.1 Å². The Morgan fingerprint density at radius 3 is 1.85 bits per heavy atom. The molecule has 68 heavy (non-hydrogen) atoms. The predicted molar refractivity (Wildman–Crippen MR) is 247 cm³/mol. The van der Waals surface area contributed by atoms with Crippen LogP contribution in [0.3, 0.4) is 0 Å². The van der Waals surface area contributed by atoms with Crippen LogP contribution in [0.5, 0.6) is 0 Å². The number of amides is 5. The summed E-state index contributed by atoms with van der Waals surface area (Å²) in [4.78, 5) is 92.4. The van der Waals surface area contributed by atoms with Crippen molar-refractivity contribution in [1.29, 1.82) is 0 Å². The number of ether oxygens (including phenoxy) is 3. The number of oxime groups is 1. The van der Waals surface area contributed by atoms with E-state index in [-0.39, 0.29) is 30.5 Å². The first-order valence-corrected chi connectivity index (χ1v) is 23.0. The Kier molecular flexibility index (Phi) is 13.8. The molecular weight excluding hydrogens is 920 g/mol. The molecule has 4 atom stereocenters. The Labute approximate surface area is 397 Å². The third kappa shape index (κ3) is 10.1. The Hall–Kier alpha value is -7.36. The number of urea groups is 1. The van der Waals surface area contributed by atoms with Crippen molar-refractivity contribution in [2.24, 2.45) is 11.0 Å². The van der Waals surface area contributed by atoms with Gasteiger partial charge in [0.25, 0.3) is 5.91 Å². The van der Waals surface area contributed by atoms with Gasteiger partial charge in [-0.3, -0.25) is 24.8 Å². The number of hydrogen-bond donors (Lipinski definition) is 3. The minimum Gasteiger partial charge on any atom is -0.450 e. The van der Waals surface area contributed by atoms with Gasteiger partial charge in [0.2, 0.25) is 10.8 Å². The van der Waals surface area contributed by atoms with E-state index in [9.17, 15) is 28.8 Å². The van der Waals surface area contributed by atoms with E-state index in [0.717, 1.165) is 28.1 Å². The summed E-state index contributed by atoms with van der Waals surface area (Å²) in [5, 5.41) is 10.0. The van der Waals surface area contributed by atoms with E-state index in [1.54, 1.807) is 130 Å². The van der Waals surface area contributed by atoms with Crippen LogP contribution < -0.4 is 16.5 Å². The molecular formula is C47H45FN8O10S2. The first-order valence-electron chi connectivity index (χ1n) is 21.2. The molecule has 5 aromatic rings. The monoisotopic (exact) mass is 964 g/mol. The van der Waals surface area contributed by atoms with E-state index in [1.807, 2.05) is 12.1 Å². The van der Waals surface area contributed by atoms with Crippen LogP contribution in [0.2, 0.25) is 0 Å². The number of nitrogens with two attached hydrogens (primary N) is 1. The van der Waals surface area contributed by atoms with Crippen LogP contribution in [0.4, 0.5) is 19.1 Å². The topological polar surface area (TPSA) is 224 Å². The number of halogens is 1. The number of hydrazine groups is 1. The number of thiazole rings is 1. The molecule has 0 aliphatic carbocycles. The molecule has 352 valence electrons. The molecule has 4 aromatic carbocycles. The number of aromatic nitrogens is 1. The van der Waals surface area contributed by atoms with Crippen molar-refractivity contribution in [3.8, 4) is 0 Å².